The lowest BCUT2D eigenvalue weighted by Crippen LogP contribution is -2.54. The molecule has 2 amide bonds. The number of nitrogens with two attached hydrogens (primary N) is 1. The first-order valence-electron chi connectivity index (χ1n) is 8.23. The summed E-state index contributed by atoms with van der Waals surface area (Å²) in [5.41, 5.74) is 5.28. The monoisotopic (exact) mass is 360 g/mol. The summed E-state index contributed by atoms with van der Waals surface area (Å²) in [7, 11) is 0. The number of carbonyl (C=O) groups excluding carboxylic acids is 4. The predicted molar refractivity (Wildman–Crippen MR) is 88.0 cm³/mol. The number of ether oxygens (including phenoxy) is 2. The van der Waals surface area contributed by atoms with Crippen LogP contribution in [0, 0.1) is 11.8 Å². The van der Waals surface area contributed by atoms with E-state index in [-0.39, 0.29) is 25.6 Å². The average Bonchev–Trinajstić information content (AvgIpc) is 2.49. The first-order valence-corrected chi connectivity index (χ1v) is 8.23. The van der Waals surface area contributed by atoms with E-state index in [1.54, 1.807) is 13.8 Å². The number of aliphatic hydroxyl groups is 1. The molecule has 0 aliphatic heterocycles. The quantitative estimate of drug-likeness (QED) is 0.421. The number of rotatable bonds is 11. The molecule has 0 aromatic heterocycles. The lowest BCUT2D eigenvalue weighted by Gasteiger charge is -2.25. The van der Waals surface area contributed by atoms with Crippen molar-refractivity contribution in [3.05, 3.63) is 0 Å². The van der Waals surface area contributed by atoms with E-state index in [1.165, 1.54) is 0 Å². The number of hydrogen-bond acceptors (Lipinski definition) is 7. The Hall–Kier alpha value is -2.16. The van der Waals surface area contributed by atoms with Crippen LogP contribution in [0.5, 0.6) is 0 Å². The van der Waals surface area contributed by atoms with E-state index in [2.05, 4.69) is 5.32 Å². The average molecular weight is 360 g/mol. The van der Waals surface area contributed by atoms with Crippen molar-refractivity contribution in [2.75, 3.05) is 13.2 Å². The fourth-order valence-electron chi connectivity index (χ4n) is 2.16. The van der Waals surface area contributed by atoms with Crippen molar-refractivity contribution in [1.82, 2.24) is 5.32 Å². The van der Waals surface area contributed by atoms with Gasteiger partial charge in [-0.1, -0.05) is 13.8 Å². The van der Waals surface area contributed by atoms with E-state index in [0.717, 1.165) is 0 Å². The fraction of sp³-hybridized carbons (Fsp3) is 0.750. The molecule has 25 heavy (non-hydrogen) atoms. The Morgan fingerprint density at radius 2 is 1.64 bits per heavy atom. The van der Waals surface area contributed by atoms with E-state index >= 15 is 0 Å². The van der Waals surface area contributed by atoms with Gasteiger partial charge in [0.25, 0.3) is 0 Å². The number of nitrogens with one attached hydrogen (secondary N) is 1. The molecule has 9 nitrogen and oxygen atoms in total. The van der Waals surface area contributed by atoms with Gasteiger partial charge < -0.3 is 25.6 Å². The van der Waals surface area contributed by atoms with Crippen LogP contribution in [0.4, 0.5) is 0 Å². The molecular weight excluding hydrogens is 332 g/mol. The summed E-state index contributed by atoms with van der Waals surface area (Å²) in [5, 5.41) is 12.1. The van der Waals surface area contributed by atoms with Crippen molar-refractivity contribution in [1.29, 1.82) is 0 Å². The smallest absolute Gasteiger partial charge is 0.312 e. The van der Waals surface area contributed by atoms with Gasteiger partial charge in [0, 0.05) is 0 Å². The SMILES string of the molecule is CCOC(=O)C[C@H](C(=O)OCC)[C@H](NC(=O)[C@@H](O)CC(C)C)C(N)=O. The molecule has 0 aromatic rings. The van der Waals surface area contributed by atoms with Crippen molar-refractivity contribution in [2.24, 2.45) is 17.6 Å². The molecule has 0 aliphatic rings. The second-order valence-corrected chi connectivity index (χ2v) is 5.90. The van der Waals surface area contributed by atoms with Gasteiger partial charge in [-0.3, -0.25) is 19.2 Å². The number of esters is 2. The van der Waals surface area contributed by atoms with Crippen LogP contribution >= 0.6 is 0 Å². The van der Waals surface area contributed by atoms with E-state index in [4.69, 9.17) is 15.2 Å². The Balaban J connectivity index is 5.32. The van der Waals surface area contributed by atoms with Crippen molar-refractivity contribution < 1.29 is 33.8 Å². The molecule has 0 rings (SSSR count). The van der Waals surface area contributed by atoms with Crippen LogP contribution in [-0.4, -0.2) is 54.2 Å². The minimum Gasteiger partial charge on any atom is -0.466 e. The maximum Gasteiger partial charge on any atom is 0.312 e. The summed E-state index contributed by atoms with van der Waals surface area (Å²) in [5.74, 6) is -4.77. The maximum absolute atomic E-state index is 12.1. The lowest BCUT2D eigenvalue weighted by molar-refractivity contribution is -0.157. The van der Waals surface area contributed by atoms with Crippen LogP contribution in [0.15, 0.2) is 0 Å². The molecule has 0 unspecified atom stereocenters. The minimum atomic E-state index is -1.50. The highest BCUT2D eigenvalue weighted by atomic mass is 16.5. The highest BCUT2D eigenvalue weighted by molar-refractivity contribution is 5.93. The second kappa shape index (κ2) is 11.4. The van der Waals surface area contributed by atoms with Gasteiger partial charge >= 0.3 is 11.9 Å². The standard InChI is InChI=1S/C16H28N2O7/c1-5-24-12(20)8-10(16(23)25-6-2)13(14(17)21)18-15(22)11(19)7-9(3)4/h9-11,13,19H,5-8H2,1-4H3,(H2,17,21)(H,18,22)/t10-,11-,13-/m0/s1. The fourth-order valence-corrected chi connectivity index (χ4v) is 2.16. The van der Waals surface area contributed by atoms with Crippen LogP contribution in [0.1, 0.15) is 40.5 Å². The van der Waals surface area contributed by atoms with Crippen LogP contribution in [0.3, 0.4) is 0 Å². The van der Waals surface area contributed by atoms with Crippen molar-refractivity contribution in [3.8, 4) is 0 Å². The molecule has 0 aliphatic carbocycles. The molecule has 0 spiro atoms. The topological polar surface area (TPSA) is 145 Å². The van der Waals surface area contributed by atoms with Crippen LogP contribution in [0.2, 0.25) is 0 Å². The molecule has 0 bridgehead atoms. The predicted octanol–water partition coefficient (Wildman–Crippen LogP) is -0.504. The van der Waals surface area contributed by atoms with E-state index in [9.17, 15) is 24.3 Å². The molecule has 0 saturated carbocycles. The Bertz CT molecular complexity index is 479. The van der Waals surface area contributed by atoms with Gasteiger partial charge in [-0.25, -0.2) is 0 Å². The Labute approximate surface area is 147 Å². The van der Waals surface area contributed by atoms with Crippen molar-refractivity contribution in [2.45, 2.75) is 52.7 Å². The first kappa shape index (κ1) is 22.8. The molecule has 144 valence electrons. The van der Waals surface area contributed by atoms with E-state index in [1.807, 2.05) is 13.8 Å². The van der Waals surface area contributed by atoms with Crippen LogP contribution in [0.25, 0.3) is 0 Å². The van der Waals surface area contributed by atoms with Crippen LogP contribution < -0.4 is 11.1 Å². The van der Waals surface area contributed by atoms with Gasteiger partial charge in [-0.2, -0.15) is 0 Å². The zero-order chi connectivity index (χ0) is 19.6. The van der Waals surface area contributed by atoms with Gasteiger partial charge in [0.2, 0.25) is 11.8 Å². The number of carbonyl (C=O) groups is 4. The van der Waals surface area contributed by atoms with Gasteiger partial charge in [0.1, 0.15) is 12.1 Å². The lowest BCUT2D eigenvalue weighted by atomic mass is 9.94. The highest BCUT2D eigenvalue weighted by Crippen LogP contribution is 2.14. The summed E-state index contributed by atoms with van der Waals surface area (Å²) in [6, 6.07) is -1.50. The van der Waals surface area contributed by atoms with Gasteiger partial charge in [0.05, 0.1) is 25.6 Å². The normalized spacial score (nSPS) is 14.3. The number of aliphatic hydroxyl groups excluding tert-OH is 1. The second-order valence-electron chi connectivity index (χ2n) is 5.90. The van der Waals surface area contributed by atoms with Gasteiger partial charge in [-0.05, 0) is 26.2 Å². The maximum atomic E-state index is 12.1. The summed E-state index contributed by atoms with van der Waals surface area (Å²) < 4.78 is 9.63. The summed E-state index contributed by atoms with van der Waals surface area (Å²) in [4.78, 5) is 47.6. The summed E-state index contributed by atoms with van der Waals surface area (Å²) >= 11 is 0. The Morgan fingerprint density at radius 1 is 1.08 bits per heavy atom. The number of hydrogen-bond donors (Lipinski definition) is 3. The number of primary amides is 1. The Kier molecular flexibility index (Phi) is 10.4. The molecule has 3 atom stereocenters. The molecular formula is C16H28N2O7. The summed E-state index contributed by atoms with van der Waals surface area (Å²) in [6.45, 7) is 6.88. The van der Waals surface area contributed by atoms with Crippen molar-refractivity contribution >= 4 is 23.8 Å². The van der Waals surface area contributed by atoms with Gasteiger partial charge in [0.15, 0.2) is 0 Å². The molecule has 0 aromatic carbocycles. The van der Waals surface area contributed by atoms with Crippen molar-refractivity contribution in [3.63, 3.8) is 0 Å². The third-order valence-electron chi connectivity index (χ3n) is 3.29. The first-order chi connectivity index (χ1) is 11.6. The molecule has 9 heteroatoms. The third-order valence-corrected chi connectivity index (χ3v) is 3.29. The highest BCUT2D eigenvalue weighted by Gasteiger charge is 2.38. The van der Waals surface area contributed by atoms with Gasteiger partial charge in [-0.15, -0.1) is 0 Å². The zero-order valence-corrected chi connectivity index (χ0v) is 15.1. The molecule has 0 fully saturated rings. The summed E-state index contributed by atoms with van der Waals surface area (Å²) in [6.07, 6.45) is -1.69. The van der Waals surface area contributed by atoms with E-state index < -0.39 is 48.2 Å². The zero-order valence-electron chi connectivity index (χ0n) is 15.1. The largest absolute Gasteiger partial charge is 0.466 e. The van der Waals surface area contributed by atoms with Crippen LogP contribution in [-0.2, 0) is 28.7 Å². The molecule has 4 N–H and O–H groups in total. The Morgan fingerprint density at radius 3 is 2.08 bits per heavy atom. The molecule has 0 radical (unpaired) electrons. The molecule has 0 heterocycles. The van der Waals surface area contributed by atoms with E-state index in [0.29, 0.717) is 0 Å². The number of amides is 2. The minimum absolute atomic E-state index is 0.0214. The molecule has 0 saturated heterocycles. The third kappa shape index (κ3) is 8.48.